The molecule has 8 heavy (non-hydrogen) atoms. The molecule has 1 N–H and O–H groups in total. The monoisotopic (exact) mass is 138 g/mol. The van der Waals surface area contributed by atoms with Crippen molar-refractivity contribution in [3.05, 3.63) is 0 Å². The molecule has 0 saturated heterocycles. The summed E-state index contributed by atoms with van der Waals surface area (Å²) in [7, 11) is 0. The Morgan fingerprint density at radius 2 is 2.38 bits per heavy atom. The minimum absolute atomic E-state index is 0.435. The predicted molar refractivity (Wildman–Crippen MR) is 27.4 cm³/mol. The van der Waals surface area contributed by atoms with Gasteiger partial charge in [-0.2, -0.15) is 0 Å². The van der Waals surface area contributed by atoms with E-state index in [2.05, 4.69) is 4.74 Å². The van der Waals surface area contributed by atoms with E-state index >= 15 is 0 Å². The van der Waals surface area contributed by atoms with Crippen molar-refractivity contribution >= 4 is 17.0 Å². The average molecular weight is 138 g/mol. The van der Waals surface area contributed by atoms with Gasteiger partial charge in [-0.3, -0.25) is 4.79 Å². The molecule has 0 aromatic heterocycles. The van der Waals surface area contributed by atoms with E-state index in [1.807, 2.05) is 0 Å². The Morgan fingerprint density at radius 1 is 1.88 bits per heavy atom. The van der Waals surface area contributed by atoms with Crippen LogP contribution in [0.2, 0.25) is 0 Å². The molecule has 1 unspecified atom stereocenters. The van der Waals surface area contributed by atoms with E-state index in [1.165, 1.54) is 6.92 Å². The quantitative estimate of drug-likeness (QED) is 0.421. The second kappa shape index (κ2) is 3.57. The number of ether oxygens (including phenoxy) is 1. The topological polar surface area (TPSA) is 63.6 Å². The first kappa shape index (κ1) is 7.58. The first-order chi connectivity index (χ1) is 3.63. The molecule has 0 rings (SSSR count). The summed E-state index contributed by atoms with van der Waals surface area (Å²) in [4.78, 5) is 9.88. The summed E-state index contributed by atoms with van der Waals surface area (Å²) in [5.74, 6) is -0.984. The van der Waals surface area contributed by atoms with Crippen molar-refractivity contribution < 1.29 is 18.3 Å². The van der Waals surface area contributed by atoms with Crippen LogP contribution in [0.1, 0.15) is 6.92 Å². The maximum absolute atomic E-state index is 9.88. The van der Waals surface area contributed by atoms with E-state index in [4.69, 9.17) is 4.55 Å². The third kappa shape index (κ3) is 5.58. The highest BCUT2D eigenvalue weighted by Crippen LogP contribution is 1.77. The lowest BCUT2D eigenvalue weighted by molar-refractivity contribution is -0.138. The second-order valence-electron chi connectivity index (χ2n) is 1.08. The minimum Gasteiger partial charge on any atom is -0.450 e. The summed E-state index contributed by atoms with van der Waals surface area (Å²) in [6.07, 6.45) is 0. The van der Waals surface area contributed by atoms with E-state index in [-0.39, 0.29) is 0 Å². The molecule has 0 bridgehead atoms. The van der Waals surface area contributed by atoms with Crippen LogP contribution in [-0.2, 0) is 20.6 Å². The zero-order chi connectivity index (χ0) is 6.57. The molecule has 48 valence electrons. The normalized spacial score (nSPS) is 12.8. The lowest BCUT2D eigenvalue weighted by Crippen LogP contribution is -2.04. The van der Waals surface area contributed by atoms with Crippen molar-refractivity contribution in [3.63, 3.8) is 0 Å². The molecule has 0 aliphatic heterocycles. The van der Waals surface area contributed by atoms with E-state index in [0.29, 0.717) is 0 Å². The van der Waals surface area contributed by atoms with Crippen molar-refractivity contribution in [2.45, 2.75) is 6.92 Å². The van der Waals surface area contributed by atoms with Gasteiger partial charge >= 0.3 is 5.97 Å². The van der Waals surface area contributed by atoms with Gasteiger partial charge in [0.2, 0.25) is 0 Å². The maximum Gasteiger partial charge on any atom is 0.303 e. The van der Waals surface area contributed by atoms with Gasteiger partial charge in [-0.1, -0.05) is 0 Å². The highest BCUT2D eigenvalue weighted by molar-refractivity contribution is 7.79. The van der Waals surface area contributed by atoms with Gasteiger partial charge in [0.15, 0.2) is 17.0 Å². The van der Waals surface area contributed by atoms with Crippen molar-refractivity contribution in [2.24, 2.45) is 0 Å². The Bertz CT molecular complexity index is 95.9. The standard InChI is InChI=1S/C3H6O4S/c1-3(4)7-2-8(5)6/h2H2,1H3,(H,5,6). The molecule has 0 amide bonds. The number of rotatable bonds is 2. The van der Waals surface area contributed by atoms with Gasteiger partial charge in [0, 0.05) is 6.92 Å². The van der Waals surface area contributed by atoms with Gasteiger partial charge in [-0.25, -0.2) is 4.21 Å². The fourth-order valence-corrected chi connectivity index (χ4v) is 0.400. The molecule has 0 aromatic carbocycles. The number of hydrogen-bond donors (Lipinski definition) is 1. The van der Waals surface area contributed by atoms with Gasteiger partial charge in [0.25, 0.3) is 0 Å². The van der Waals surface area contributed by atoms with Crippen LogP contribution in [0.3, 0.4) is 0 Å². The third-order valence-electron chi connectivity index (χ3n) is 0.363. The average Bonchev–Trinajstić information content (AvgIpc) is 1.61. The van der Waals surface area contributed by atoms with Crippen LogP contribution >= 0.6 is 0 Å². The Labute approximate surface area is 49.1 Å². The smallest absolute Gasteiger partial charge is 0.303 e. The van der Waals surface area contributed by atoms with Crippen LogP contribution in [0.5, 0.6) is 0 Å². The Morgan fingerprint density at radius 3 is 2.50 bits per heavy atom. The van der Waals surface area contributed by atoms with Crippen molar-refractivity contribution in [2.75, 3.05) is 5.94 Å². The summed E-state index contributed by atoms with van der Waals surface area (Å²) >= 11 is -2.03. The number of carbonyl (C=O) groups excluding carboxylic acids is 1. The largest absolute Gasteiger partial charge is 0.450 e. The highest BCUT2D eigenvalue weighted by atomic mass is 32.2. The van der Waals surface area contributed by atoms with Crippen LogP contribution in [0.25, 0.3) is 0 Å². The van der Waals surface area contributed by atoms with Gasteiger partial charge < -0.3 is 9.29 Å². The van der Waals surface area contributed by atoms with Crippen LogP contribution in [0.4, 0.5) is 0 Å². The minimum atomic E-state index is -2.03. The van der Waals surface area contributed by atoms with Gasteiger partial charge in [0.1, 0.15) is 0 Å². The van der Waals surface area contributed by atoms with E-state index in [1.54, 1.807) is 0 Å². The molecule has 1 atom stereocenters. The SMILES string of the molecule is CC(=O)OCS(=O)O. The lowest BCUT2D eigenvalue weighted by atomic mass is 10.8. The lowest BCUT2D eigenvalue weighted by Gasteiger charge is -1.93. The van der Waals surface area contributed by atoms with Crippen molar-refractivity contribution in [1.29, 1.82) is 0 Å². The highest BCUT2D eigenvalue weighted by Gasteiger charge is 1.94. The first-order valence-corrected chi connectivity index (χ1v) is 3.11. The zero-order valence-corrected chi connectivity index (χ0v) is 5.10. The molecular weight excluding hydrogens is 132 g/mol. The molecule has 4 nitrogen and oxygen atoms in total. The van der Waals surface area contributed by atoms with E-state index in [0.717, 1.165) is 0 Å². The van der Waals surface area contributed by atoms with Crippen LogP contribution in [-0.4, -0.2) is 20.7 Å². The maximum atomic E-state index is 9.88. The molecule has 0 fully saturated rings. The molecule has 0 aromatic rings. The van der Waals surface area contributed by atoms with Crippen LogP contribution in [0.15, 0.2) is 0 Å². The number of esters is 1. The third-order valence-corrected chi connectivity index (χ3v) is 0.682. The summed E-state index contributed by atoms with van der Waals surface area (Å²) in [6.45, 7) is 1.17. The molecule has 5 heteroatoms. The van der Waals surface area contributed by atoms with Gasteiger partial charge in [0.05, 0.1) is 0 Å². The van der Waals surface area contributed by atoms with E-state index < -0.39 is 23.0 Å². The fraction of sp³-hybridized carbons (Fsp3) is 0.667. The second-order valence-corrected chi connectivity index (χ2v) is 1.95. The zero-order valence-electron chi connectivity index (χ0n) is 4.29. The Hall–Kier alpha value is -0.420. The van der Waals surface area contributed by atoms with Gasteiger partial charge in [-0.15, -0.1) is 0 Å². The molecule has 0 aliphatic carbocycles. The van der Waals surface area contributed by atoms with Crippen molar-refractivity contribution in [3.8, 4) is 0 Å². The summed E-state index contributed by atoms with van der Waals surface area (Å²) in [5.41, 5.74) is 0. The number of carbonyl (C=O) groups is 1. The first-order valence-electron chi connectivity index (χ1n) is 1.83. The summed E-state index contributed by atoms with van der Waals surface area (Å²) in [6, 6.07) is 0. The Balaban J connectivity index is 3.18. The molecule has 0 heterocycles. The summed E-state index contributed by atoms with van der Waals surface area (Å²) < 4.78 is 21.8. The number of hydrogen-bond acceptors (Lipinski definition) is 3. The fourth-order valence-electron chi connectivity index (χ4n) is 0.133. The Kier molecular flexibility index (Phi) is 3.38. The molecule has 0 spiro atoms. The summed E-state index contributed by atoms with van der Waals surface area (Å²) in [5, 5.41) is 0. The molecular formula is C3H6O4S. The van der Waals surface area contributed by atoms with Crippen LogP contribution in [0, 0.1) is 0 Å². The van der Waals surface area contributed by atoms with E-state index in [9.17, 15) is 9.00 Å². The molecule has 0 radical (unpaired) electrons. The molecule has 0 aliphatic rings. The molecule has 0 saturated carbocycles. The predicted octanol–water partition coefficient (Wildman–Crippen LogP) is -0.271. The van der Waals surface area contributed by atoms with Crippen LogP contribution < -0.4 is 0 Å². The van der Waals surface area contributed by atoms with Gasteiger partial charge in [-0.05, 0) is 0 Å². The van der Waals surface area contributed by atoms with Crippen molar-refractivity contribution in [1.82, 2.24) is 0 Å².